The van der Waals surface area contributed by atoms with Crippen LogP contribution in [0.25, 0.3) is 0 Å². The van der Waals surface area contributed by atoms with E-state index in [9.17, 15) is 22.4 Å². The van der Waals surface area contributed by atoms with Crippen molar-refractivity contribution in [3.05, 3.63) is 34.6 Å². The molecule has 2 atom stereocenters. The number of rotatable bonds is 1. The maximum Gasteiger partial charge on any atom is 0.408 e. The van der Waals surface area contributed by atoms with Crippen molar-refractivity contribution in [3.63, 3.8) is 0 Å². The topological polar surface area (TPSA) is 46.3 Å². The van der Waals surface area contributed by atoms with Crippen LogP contribution in [0.4, 0.5) is 17.6 Å². The Morgan fingerprint density at radius 2 is 1.95 bits per heavy atom. The van der Waals surface area contributed by atoms with Gasteiger partial charge in [-0.05, 0) is 31.0 Å². The Hall–Kier alpha value is -1.05. The number of hydrogen-bond acceptors (Lipinski definition) is 2. The summed E-state index contributed by atoms with van der Waals surface area (Å²) in [7, 11) is 0. The van der Waals surface area contributed by atoms with Crippen molar-refractivity contribution < 1.29 is 22.4 Å². The second kappa shape index (κ2) is 7.02. The minimum atomic E-state index is -4.54. The standard InChI is InChI=1S/C13H13ClF4N2O.ClH/c14-10-5-7(15)1-3-9(10)12(21)20-6-8(19)2-4-11(20)13(16,17)18;/h1,3,5,8,11H,2,4,6,19H2;1H. The number of nitrogens with two attached hydrogens (primary N) is 1. The third kappa shape index (κ3) is 4.02. The van der Waals surface area contributed by atoms with Gasteiger partial charge in [0, 0.05) is 12.6 Å². The number of benzene rings is 1. The molecule has 0 aliphatic carbocycles. The Kier molecular flexibility index (Phi) is 6.06. The van der Waals surface area contributed by atoms with Crippen molar-refractivity contribution in [2.75, 3.05) is 6.54 Å². The quantitative estimate of drug-likeness (QED) is 0.780. The van der Waals surface area contributed by atoms with Crippen LogP contribution in [-0.4, -0.2) is 35.6 Å². The lowest BCUT2D eigenvalue weighted by atomic mass is 9.97. The maximum atomic E-state index is 13.0. The Balaban J connectivity index is 0.00000242. The number of halogens is 6. The van der Waals surface area contributed by atoms with Gasteiger partial charge >= 0.3 is 6.18 Å². The molecule has 1 fully saturated rings. The molecule has 1 aromatic rings. The van der Waals surface area contributed by atoms with E-state index in [0.717, 1.165) is 18.2 Å². The Morgan fingerprint density at radius 1 is 1.32 bits per heavy atom. The zero-order chi connectivity index (χ0) is 15.8. The van der Waals surface area contributed by atoms with Gasteiger partial charge in [-0.3, -0.25) is 4.79 Å². The van der Waals surface area contributed by atoms with Gasteiger partial charge in [-0.25, -0.2) is 4.39 Å². The van der Waals surface area contributed by atoms with Gasteiger partial charge < -0.3 is 10.6 Å². The lowest BCUT2D eigenvalue weighted by Crippen LogP contribution is -2.56. The van der Waals surface area contributed by atoms with Crippen LogP contribution < -0.4 is 5.73 Å². The van der Waals surface area contributed by atoms with Gasteiger partial charge in [-0.15, -0.1) is 12.4 Å². The molecule has 3 nitrogen and oxygen atoms in total. The number of carbonyl (C=O) groups is 1. The van der Waals surface area contributed by atoms with E-state index in [4.69, 9.17) is 17.3 Å². The highest BCUT2D eigenvalue weighted by molar-refractivity contribution is 6.33. The molecule has 2 unspecified atom stereocenters. The highest BCUT2D eigenvalue weighted by atomic mass is 35.5. The monoisotopic (exact) mass is 360 g/mol. The van der Waals surface area contributed by atoms with Gasteiger partial charge in [0.15, 0.2) is 0 Å². The number of amides is 1. The number of alkyl halides is 3. The first-order chi connectivity index (χ1) is 9.70. The molecule has 0 spiro atoms. The summed E-state index contributed by atoms with van der Waals surface area (Å²) in [5, 5.41) is -0.222. The van der Waals surface area contributed by atoms with E-state index in [2.05, 4.69) is 0 Å². The number of nitrogens with zero attached hydrogens (tertiary/aromatic N) is 1. The smallest absolute Gasteiger partial charge is 0.326 e. The molecule has 0 bridgehead atoms. The van der Waals surface area contributed by atoms with E-state index in [1.54, 1.807) is 0 Å². The summed E-state index contributed by atoms with van der Waals surface area (Å²) < 4.78 is 52.1. The van der Waals surface area contributed by atoms with Crippen LogP contribution in [-0.2, 0) is 0 Å². The zero-order valence-electron chi connectivity index (χ0n) is 11.2. The molecule has 9 heteroatoms. The molecule has 1 heterocycles. The fourth-order valence-corrected chi connectivity index (χ4v) is 2.63. The molecule has 22 heavy (non-hydrogen) atoms. The maximum absolute atomic E-state index is 13.0. The average molecular weight is 361 g/mol. The molecule has 2 N–H and O–H groups in total. The van der Waals surface area contributed by atoms with Gasteiger partial charge in [0.2, 0.25) is 0 Å². The second-order valence-corrected chi connectivity index (χ2v) is 5.38. The van der Waals surface area contributed by atoms with Crippen LogP contribution in [0.5, 0.6) is 0 Å². The van der Waals surface area contributed by atoms with Gasteiger partial charge in [0.05, 0.1) is 10.6 Å². The molecule has 1 saturated heterocycles. The molecule has 2 rings (SSSR count). The van der Waals surface area contributed by atoms with E-state index in [1.807, 2.05) is 0 Å². The minimum absolute atomic E-state index is 0. The van der Waals surface area contributed by atoms with Gasteiger partial charge in [0.25, 0.3) is 5.91 Å². The number of carbonyl (C=O) groups excluding carboxylic acids is 1. The Morgan fingerprint density at radius 3 is 2.50 bits per heavy atom. The highest BCUT2D eigenvalue weighted by Crippen LogP contribution is 2.33. The van der Waals surface area contributed by atoms with Crippen molar-refractivity contribution in [1.29, 1.82) is 0 Å². The Labute approximate surface area is 135 Å². The van der Waals surface area contributed by atoms with Crippen LogP contribution in [0.1, 0.15) is 23.2 Å². The van der Waals surface area contributed by atoms with Gasteiger partial charge in [0.1, 0.15) is 11.9 Å². The summed E-state index contributed by atoms with van der Waals surface area (Å²) in [6, 6.07) is 0.526. The molecule has 1 amide bonds. The zero-order valence-corrected chi connectivity index (χ0v) is 12.8. The molecule has 0 aromatic heterocycles. The number of hydrogen-bond donors (Lipinski definition) is 1. The third-order valence-corrected chi connectivity index (χ3v) is 3.73. The van der Waals surface area contributed by atoms with E-state index in [0.29, 0.717) is 4.90 Å². The van der Waals surface area contributed by atoms with Crippen molar-refractivity contribution in [2.24, 2.45) is 5.73 Å². The first kappa shape index (κ1) is 19.0. The molecule has 0 saturated carbocycles. The lowest BCUT2D eigenvalue weighted by molar-refractivity contribution is -0.184. The van der Waals surface area contributed by atoms with Crippen LogP contribution >= 0.6 is 24.0 Å². The minimum Gasteiger partial charge on any atom is -0.326 e. The van der Waals surface area contributed by atoms with Gasteiger partial charge in [-0.2, -0.15) is 13.2 Å². The first-order valence-corrected chi connectivity index (χ1v) is 6.66. The van der Waals surface area contributed by atoms with E-state index in [-0.39, 0.29) is 42.4 Å². The fraction of sp³-hybridized carbons (Fsp3) is 0.462. The highest BCUT2D eigenvalue weighted by Gasteiger charge is 2.47. The van der Waals surface area contributed by atoms with Crippen molar-refractivity contribution >= 4 is 29.9 Å². The van der Waals surface area contributed by atoms with Crippen molar-refractivity contribution in [1.82, 2.24) is 4.90 Å². The summed E-state index contributed by atoms with van der Waals surface area (Å²) in [5.41, 5.74) is 5.49. The van der Waals surface area contributed by atoms with Crippen molar-refractivity contribution in [2.45, 2.75) is 31.1 Å². The Bertz CT molecular complexity index is 553. The van der Waals surface area contributed by atoms with Crippen LogP contribution in [0.3, 0.4) is 0 Å². The molecule has 1 aliphatic rings. The summed E-state index contributed by atoms with van der Waals surface area (Å²) in [5.74, 6) is -1.56. The lowest BCUT2D eigenvalue weighted by Gasteiger charge is -2.39. The number of piperidine rings is 1. The van der Waals surface area contributed by atoms with E-state index >= 15 is 0 Å². The summed E-state index contributed by atoms with van der Waals surface area (Å²) in [4.78, 5) is 13.0. The molecular formula is C13H14Cl2F4N2O. The summed E-state index contributed by atoms with van der Waals surface area (Å²) in [6.45, 7) is -0.212. The first-order valence-electron chi connectivity index (χ1n) is 6.28. The summed E-state index contributed by atoms with van der Waals surface area (Å²) in [6.07, 6.45) is -4.61. The van der Waals surface area contributed by atoms with Crippen LogP contribution in [0, 0.1) is 5.82 Å². The van der Waals surface area contributed by atoms with Crippen molar-refractivity contribution in [3.8, 4) is 0 Å². The molecule has 1 aliphatic heterocycles. The molecule has 0 radical (unpaired) electrons. The van der Waals surface area contributed by atoms with E-state index < -0.39 is 30.0 Å². The normalized spacial score (nSPS) is 22.2. The van der Waals surface area contributed by atoms with E-state index in [1.165, 1.54) is 0 Å². The average Bonchev–Trinajstić information content (AvgIpc) is 2.36. The molecule has 124 valence electrons. The second-order valence-electron chi connectivity index (χ2n) is 4.98. The van der Waals surface area contributed by atoms with Crippen LogP contribution in [0.15, 0.2) is 18.2 Å². The summed E-state index contributed by atoms with van der Waals surface area (Å²) >= 11 is 5.74. The fourth-order valence-electron chi connectivity index (χ4n) is 2.38. The predicted octanol–water partition coefficient (Wildman–Crippen LogP) is 3.40. The largest absolute Gasteiger partial charge is 0.408 e. The molecule has 1 aromatic carbocycles. The van der Waals surface area contributed by atoms with Crippen LogP contribution in [0.2, 0.25) is 5.02 Å². The predicted molar refractivity (Wildman–Crippen MR) is 76.7 cm³/mol. The van der Waals surface area contributed by atoms with Gasteiger partial charge in [-0.1, -0.05) is 11.6 Å². The number of likely N-dealkylation sites (tertiary alicyclic amines) is 1. The molecular weight excluding hydrogens is 347 g/mol. The SMILES string of the molecule is Cl.NC1CCC(C(F)(F)F)N(C(=O)c2ccc(F)cc2Cl)C1. The third-order valence-electron chi connectivity index (χ3n) is 3.42.